The number of aryl methyl sites for hydroxylation is 1. The number of nitrogens with two attached hydrogens (primary N) is 1. The predicted molar refractivity (Wildman–Crippen MR) is 79.9 cm³/mol. The first-order valence-electron chi connectivity index (χ1n) is 6.40. The van der Waals surface area contributed by atoms with E-state index in [0.717, 1.165) is 5.56 Å². The van der Waals surface area contributed by atoms with Crippen molar-refractivity contribution in [1.82, 2.24) is 19.9 Å². The summed E-state index contributed by atoms with van der Waals surface area (Å²) in [6, 6.07) is 9.09. The van der Waals surface area contributed by atoms with Crippen LogP contribution in [0.4, 0.5) is 5.82 Å². The Morgan fingerprint density at radius 1 is 1.36 bits per heavy atom. The molecule has 0 saturated carbocycles. The van der Waals surface area contributed by atoms with Gasteiger partial charge >= 0.3 is 0 Å². The minimum atomic E-state index is 0.228. The molecule has 3 rings (SSSR count). The molecule has 2 N–H and O–H groups in total. The first kappa shape index (κ1) is 14.1. The molecule has 22 heavy (non-hydrogen) atoms. The van der Waals surface area contributed by atoms with Gasteiger partial charge in [-0.05, 0) is 31.2 Å². The Hall–Kier alpha value is -2.85. The van der Waals surface area contributed by atoms with E-state index in [4.69, 9.17) is 27.1 Å². The molecule has 2 heterocycles. The van der Waals surface area contributed by atoms with E-state index in [9.17, 15) is 0 Å². The maximum absolute atomic E-state index is 9.01. The number of nitrogen functional groups attached to an aromatic ring is 1. The molecule has 0 atom stereocenters. The first-order valence-corrected chi connectivity index (χ1v) is 6.78. The van der Waals surface area contributed by atoms with Crippen LogP contribution >= 0.6 is 11.6 Å². The third-order valence-electron chi connectivity index (χ3n) is 3.13. The van der Waals surface area contributed by atoms with Crippen LogP contribution in [0, 0.1) is 18.3 Å². The van der Waals surface area contributed by atoms with Crippen molar-refractivity contribution in [2.24, 2.45) is 0 Å². The molecule has 0 spiro atoms. The molecule has 0 radical (unpaired) electrons. The number of hydrogen-bond donors (Lipinski definition) is 1. The lowest BCUT2D eigenvalue weighted by atomic mass is 10.2. The van der Waals surface area contributed by atoms with E-state index in [0.29, 0.717) is 28.0 Å². The smallest absolute Gasteiger partial charge is 0.257 e. The Morgan fingerprint density at radius 2 is 2.09 bits per heavy atom. The van der Waals surface area contributed by atoms with Crippen molar-refractivity contribution in [2.45, 2.75) is 13.5 Å². The molecule has 0 amide bonds. The average molecular weight is 315 g/mol. The van der Waals surface area contributed by atoms with Crippen LogP contribution in [0.1, 0.15) is 17.1 Å². The van der Waals surface area contributed by atoms with Crippen LogP contribution in [0.3, 0.4) is 0 Å². The average Bonchev–Trinajstić information content (AvgIpc) is 3.06. The summed E-state index contributed by atoms with van der Waals surface area (Å²) in [7, 11) is 0. The highest BCUT2D eigenvalue weighted by Crippen LogP contribution is 2.21. The first-order chi connectivity index (χ1) is 10.6. The lowest BCUT2D eigenvalue weighted by Crippen LogP contribution is -2.07. The normalized spacial score (nSPS) is 10.6. The summed E-state index contributed by atoms with van der Waals surface area (Å²) < 4.78 is 6.69. The summed E-state index contributed by atoms with van der Waals surface area (Å²) in [6.07, 6.45) is 0. The molecular formula is C14H11ClN6O. The van der Waals surface area contributed by atoms with E-state index >= 15 is 0 Å². The summed E-state index contributed by atoms with van der Waals surface area (Å²) in [5.74, 6) is 1.09. The third-order valence-corrected chi connectivity index (χ3v) is 3.38. The Balaban J connectivity index is 1.86. The molecular weight excluding hydrogens is 304 g/mol. The number of nitrogens with zero attached hydrogens (tertiary/aromatic N) is 5. The van der Waals surface area contributed by atoms with Gasteiger partial charge in [-0.1, -0.05) is 16.8 Å². The fraction of sp³-hybridized carbons (Fsp3) is 0.143. The summed E-state index contributed by atoms with van der Waals surface area (Å²) in [6.45, 7) is 1.95. The van der Waals surface area contributed by atoms with Gasteiger partial charge in [-0.3, -0.25) is 0 Å². The minimum absolute atomic E-state index is 0.228. The van der Waals surface area contributed by atoms with Crippen molar-refractivity contribution < 1.29 is 4.52 Å². The van der Waals surface area contributed by atoms with Gasteiger partial charge in [-0.25, -0.2) is 4.68 Å². The van der Waals surface area contributed by atoms with E-state index in [1.54, 1.807) is 31.2 Å². The Labute approximate surface area is 130 Å². The zero-order valence-corrected chi connectivity index (χ0v) is 12.4. The number of anilines is 1. The van der Waals surface area contributed by atoms with Crippen LogP contribution in [-0.2, 0) is 6.54 Å². The molecule has 0 fully saturated rings. The molecule has 0 saturated heterocycles. The number of rotatable bonds is 3. The molecule has 8 heteroatoms. The predicted octanol–water partition coefficient (Wildman–Crippen LogP) is 2.40. The Kier molecular flexibility index (Phi) is 3.53. The third kappa shape index (κ3) is 2.52. The topological polar surface area (TPSA) is 107 Å². The Morgan fingerprint density at radius 3 is 2.73 bits per heavy atom. The summed E-state index contributed by atoms with van der Waals surface area (Å²) in [5.41, 5.74) is 7.58. The van der Waals surface area contributed by atoms with Crippen LogP contribution < -0.4 is 5.73 Å². The number of halogens is 1. The van der Waals surface area contributed by atoms with Crippen molar-refractivity contribution in [1.29, 1.82) is 5.26 Å². The maximum atomic E-state index is 9.01. The molecule has 3 aromatic rings. The SMILES string of the molecule is Cc1nn(Cc2noc(-c3ccc(Cl)cc3)n2)c(N)c1C#N. The zero-order chi connectivity index (χ0) is 15.7. The lowest BCUT2D eigenvalue weighted by Gasteiger charge is -1.98. The van der Waals surface area contributed by atoms with Crippen LogP contribution in [0.25, 0.3) is 11.5 Å². The van der Waals surface area contributed by atoms with Crippen molar-refractivity contribution in [3.05, 3.63) is 46.4 Å². The largest absolute Gasteiger partial charge is 0.383 e. The van der Waals surface area contributed by atoms with Crippen LogP contribution in [0.2, 0.25) is 5.02 Å². The number of aromatic nitrogens is 4. The lowest BCUT2D eigenvalue weighted by molar-refractivity contribution is 0.419. The molecule has 2 aromatic heterocycles. The van der Waals surface area contributed by atoms with Gasteiger partial charge in [-0.15, -0.1) is 0 Å². The van der Waals surface area contributed by atoms with Gasteiger partial charge in [0.1, 0.15) is 24.0 Å². The van der Waals surface area contributed by atoms with E-state index < -0.39 is 0 Å². The Bertz CT molecular complexity index is 859. The monoisotopic (exact) mass is 314 g/mol. The van der Waals surface area contributed by atoms with Gasteiger partial charge in [0, 0.05) is 10.6 Å². The van der Waals surface area contributed by atoms with E-state index in [2.05, 4.69) is 15.2 Å². The van der Waals surface area contributed by atoms with Crippen molar-refractivity contribution in [2.75, 3.05) is 5.73 Å². The highest BCUT2D eigenvalue weighted by molar-refractivity contribution is 6.30. The second-order valence-electron chi connectivity index (χ2n) is 4.64. The summed E-state index contributed by atoms with van der Waals surface area (Å²) in [5, 5.41) is 17.7. The molecule has 0 bridgehead atoms. The summed E-state index contributed by atoms with van der Waals surface area (Å²) >= 11 is 5.84. The summed E-state index contributed by atoms with van der Waals surface area (Å²) in [4.78, 5) is 4.29. The number of benzene rings is 1. The number of hydrogen-bond acceptors (Lipinski definition) is 6. The van der Waals surface area contributed by atoms with Crippen LogP contribution in [-0.4, -0.2) is 19.9 Å². The maximum Gasteiger partial charge on any atom is 0.257 e. The van der Waals surface area contributed by atoms with Gasteiger partial charge < -0.3 is 10.3 Å². The van der Waals surface area contributed by atoms with Gasteiger partial charge in [0.2, 0.25) is 0 Å². The van der Waals surface area contributed by atoms with Crippen LogP contribution in [0.15, 0.2) is 28.8 Å². The van der Waals surface area contributed by atoms with Gasteiger partial charge in [-0.2, -0.15) is 15.3 Å². The van der Waals surface area contributed by atoms with Crippen molar-refractivity contribution in [3.8, 4) is 17.5 Å². The standard InChI is InChI=1S/C14H11ClN6O/c1-8-11(6-16)13(17)21(19-8)7-12-18-14(22-20-12)9-2-4-10(15)5-3-9/h2-5H,7,17H2,1H3. The fourth-order valence-corrected chi connectivity index (χ4v) is 2.15. The van der Waals surface area contributed by atoms with E-state index in [1.807, 2.05) is 6.07 Å². The molecule has 0 aliphatic rings. The van der Waals surface area contributed by atoms with E-state index in [1.165, 1.54) is 4.68 Å². The molecule has 0 aliphatic heterocycles. The zero-order valence-electron chi connectivity index (χ0n) is 11.6. The fourth-order valence-electron chi connectivity index (χ4n) is 2.02. The van der Waals surface area contributed by atoms with E-state index in [-0.39, 0.29) is 12.4 Å². The van der Waals surface area contributed by atoms with Crippen molar-refractivity contribution >= 4 is 17.4 Å². The van der Waals surface area contributed by atoms with Gasteiger partial charge in [0.15, 0.2) is 5.82 Å². The van der Waals surface area contributed by atoms with Gasteiger partial charge in [0.05, 0.1) is 5.69 Å². The van der Waals surface area contributed by atoms with Crippen LogP contribution in [0.5, 0.6) is 0 Å². The quantitative estimate of drug-likeness (QED) is 0.795. The molecule has 1 aromatic carbocycles. The minimum Gasteiger partial charge on any atom is -0.383 e. The highest BCUT2D eigenvalue weighted by atomic mass is 35.5. The number of nitriles is 1. The second-order valence-corrected chi connectivity index (χ2v) is 5.07. The second kappa shape index (κ2) is 5.50. The molecule has 0 unspecified atom stereocenters. The van der Waals surface area contributed by atoms with Gasteiger partial charge in [0.25, 0.3) is 5.89 Å². The highest BCUT2D eigenvalue weighted by Gasteiger charge is 2.15. The molecule has 110 valence electrons. The molecule has 0 aliphatic carbocycles. The molecule has 7 nitrogen and oxygen atoms in total. The van der Waals surface area contributed by atoms with Crippen molar-refractivity contribution in [3.63, 3.8) is 0 Å².